The molecule has 3 aliphatic carbocycles. The third kappa shape index (κ3) is 0.773. The Labute approximate surface area is 115 Å². The highest BCUT2D eigenvalue weighted by Gasteiger charge is 2.67. The molecule has 5 aliphatic rings. The van der Waals surface area contributed by atoms with Crippen LogP contribution in [-0.4, -0.2) is 13.9 Å². The quantitative estimate of drug-likeness (QED) is 0.657. The summed E-state index contributed by atoms with van der Waals surface area (Å²) in [4.78, 5) is 24.8. The van der Waals surface area contributed by atoms with Gasteiger partial charge in [0.05, 0.1) is 12.1 Å². The van der Waals surface area contributed by atoms with Gasteiger partial charge in [-0.25, -0.2) is 23.5 Å². The normalized spacial score (nSPS) is 42.0. The fourth-order valence-electron chi connectivity index (χ4n) is 4.81. The summed E-state index contributed by atoms with van der Waals surface area (Å²) in [6.45, 7) is 0. The van der Waals surface area contributed by atoms with Gasteiger partial charge in [-0.1, -0.05) is 36.5 Å². The predicted octanol–water partition coefficient (Wildman–Crippen LogP) is 0.907. The summed E-state index contributed by atoms with van der Waals surface area (Å²) in [6, 6.07) is -0.0762. The maximum Gasteiger partial charge on any atom is 0.347 e. The minimum atomic E-state index is -0.202. The molecule has 0 amide bonds. The molecule has 20 heavy (non-hydrogen) atoms. The number of aromatic nitrogens is 3. The van der Waals surface area contributed by atoms with Crippen molar-refractivity contribution >= 4 is 0 Å². The summed E-state index contributed by atoms with van der Waals surface area (Å²) in [5, 5.41) is 0. The van der Waals surface area contributed by atoms with Crippen LogP contribution in [0.3, 0.4) is 0 Å². The minimum Gasteiger partial charge on any atom is -0.246 e. The van der Waals surface area contributed by atoms with Gasteiger partial charge in [-0.2, -0.15) is 0 Å². The molecule has 2 bridgehead atoms. The van der Waals surface area contributed by atoms with Gasteiger partial charge in [0, 0.05) is 17.9 Å². The lowest BCUT2D eigenvalue weighted by atomic mass is 9.43. The summed E-state index contributed by atoms with van der Waals surface area (Å²) in [5.41, 5.74) is -0.434. The molecule has 0 saturated heterocycles. The van der Waals surface area contributed by atoms with Gasteiger partial charge in [-0.15, -0.1) is 0 Å². The molecule has 0 spiro atoms. The fourth-order valence-corrected chi connectivity index (χ4v) is 4.81. The van der Waals surface area contributed by atoms with Gasteiger partial charge in [0.2, 0.25) is 0 Å². The first-order valence-corrected chi connectivity index (χ1v) is 7.06. The smallest absolute Gasteiger partial charge is 0.246 e. The Kier molecular flexibility index (Phi) is 1.52. The van der Waals surface area contributed by atoms with Crippen molar-refractivity contribution in [2.75, 3.05) is 0 Å². The van der Waals surface area contributed by atoms with E-state index in [-0.39, 0.29) is 34.3 Å². The Bertz CT molecular complexity index is 784. The van der Waals surface area contributed by atoms with Crippen LogP contribution < -0.4 is 11.4 Å². The van der Waals surface area contributed by atoms with Crippen molar-refractivity contribution in [3.8, 4) is 0 Å². The molecule has 0 radical (unpaired) electrons. The van der Waals surface area contributed by atoms with Crippen LogP contribution in [0.2, 0.25) is 0 Å². The number of nitrogens with zero attached hydrogens (tertiary/aromatic N) is 3. The first-order chi connectivity index (χ1) is 9.62. The molecule has 102 valence electrons. The highest BCUT2D eigenvalue weighted by atomic mass is 16.2. The Morgan fingerprint density at radius 2 is 1.40 bits per heavy atom. The van der Waals surface area contributed by atoms with E-state index in [1.165, 1.54) is 4.57 Å². The van der Waals surface area contributed by atoms with Crippen molar-refractivity contribution in [3.63, 3.8) is 0 Å². The second-order valence-electron chi connectivity index (χ2n) is 6.38. The van der Waals surface area contributed by atoms with E-state index < -0.39 is 0 Å². The monoisotopic (exact) mass is 269 g/mol. The van der Waals surface area contributed by atoms with Crippen LogP contribution in [-0.2, 0) is 7.05 Å². The van der Waals surface area contributed by atoms with E-state index in [1.54, 1.807) is 16.4 Å². The van der Waals surface area contributed by atoms with E-state index in [0.717, 1.165) is 12.8 Å². The van der Waals surface area contributed by atoms with Gasteiger partial charge in [-0.3, -0.25) is 0 Å². The van der Waals surface area contributed by atoms with Gasteiger partial charge in [0.1, 0.15) is 0 Å². The van der Waals surface area contributed by atoms with E-state index in [1.807, 2.05) is 0 Å². The number of hydrogen-bond donors (Lipinski definition) is 0. The fraction of sp³-hybridized carbons (Fsp3) is 0.467. The zero-order valence-corrected chi connectivity index (χ0v) is 11.2. The van der Waals surface area contributed by atoms with Gasteiger partial charge < -0.3 is 0 Å². The number of allylic oxidation sites excluding steroid dienone is 6. The van der Waals surface area contributed by atoms with Gasteiger partial charge >= 0.3 is 11.4 Å². The Balaban J connectivity index is 1.92. The van der Waals surface area contributed by atoms with E-state index in [2.05, 4.69) is 36.5 Å². The standard InChI is InChI=1S/C15H15N3O2/c1-16-12(19)17-10-4-5-11(18(17)13(16)20)15-7-3-2-6-14(10,15)8-9-15/h2-5,8-11H,6-7H2,1H3/t10-,11-,14-,15+/m0/s1. The topological polar surface area (TPSA) is 48.9 Å². The van der Waals surface area contributed by atoms with Crippen LogP contribution in [0.5, 0.6) is 0 Å². The summed E-state index contributed by atoms with van der Waals surface area (Å²) in [7, 11) is 1.56. The molecule has 6 rings (SSSR count). The van der Waals surface area contributed by atoms with Crippen LogP contribution >= 0.6 is 0 Å². The van der Waals surface area contributed by atoms with Crippen LogP contribution in [0, 0.1) is 10.8 Å². The molecule has 3 heterocycles. The predicted molar refractivity (Wildman–Crippen MR) is 73.5 cm³/mol. The summed E-state index contributed by atoms with van der Waals surface area (Å²) < 4.78 is 4.58. The molecule has 1 aromatic heterocycles. The zero-order chi connectivity index (χ0) is 13.7. The SMILES string of the molecule is Cn1c(=O)n2n(c1=O)[C@H]1C=C[C@H]2[C@@]23C=C[C@@]12CC=CC3. The Hall–Kier alpha value is -2.04. The second kappa shape index (κ2) is 2.85. The number of hydrogen-bond acceptors (Lipinski definition) is 2. The third-order valence-electron chi connectivity index (χ3n) is 5.88. The van der Waals surface area contributed by atoms with Crippen molar-refractivity contribution in [2.45, 2.75) is 24.9 Å². The van der Waals surface area contributed by atoms with Crippen molar-refractivity contribution in [1.29, 1.82) is 0 Å². The highest BCUT2D eigenvalue weighted by Crippen LogP contribution is 2.71. The second-order valence-corrected chi connectivity index (χ2v) is 6.38. The van der Waals surface area contributed by atoms with E-state index in [9.17, 15) is 9.59 Å². The third-order valence-corrected chi connectivity index (χ3v) is 5.88. The van der Waals surface area contributed by atoms with E-state index >= 15 is 0 Å². The lowest BCUT2D eigenvalue weighted by Crippen LogP contribution is -2.64. The average Bonchev–Trinajstić information content (AvgIpc) is 2.67. The largest absolute Gasteiger partial charge is 0.347 e. The Morgan fingerprint density at radius 1 is 0.950 bits per heavy atom. The molecule has 0 saturated carbocycles. The van der Waals surface area contributed by atoms with Crippen molar-refractivity contribution in [3.05, 3.63) is 57.4 Å². The van der Waals surface area contributed by atoms with Gasteiger partial charge in [-0.05, 0) is 12.8 Å². The van der Waals surface area contributed by atoms with Crippen LogP contribution in [0.15, 0.2) is 46.0 Å². The molecule has 0 unspecified atom stereocenters. The maximum absolute atomic E-state index is 12.4. The molecule has 0 fully saturated rings. The number of rotatable bonds is 0. The molecule has 0 aromatic carbocycles. The zero-order valence-electron chi connectivity index (χ0n) is 11.2. The average molecular weight is 269 g/mol. The summed E-state index contributed by atoms with van der Waals surface area (Å²) in [5.74, 6) is 0. The van der Waals surface area contributed by atoms with Gasteiger partial charge in [0.15, 0.2) is 0 Å². The molecular formula is C15H15N3O2. The highest BCUT2D eigenvalue weighted by molar-refractivity contribution is 5.43. The van der Waals surface area contributed by atoms with Crippen LogP contribution in [0.25, 0.3) is 0 Å². The lowest BCUT2D eigenvalue weighted by molar-refractivity contribution is -0.0513. The molecule has 0 N–H and O–H groups in total. The van der Waals surface area contributed by atoms with Crippen LogP contribution in [0.1, 0.15) is 24.9 Å². The summed E-state index contributed by atoms with van der Waals surface area (Å²) in [6.07, 6.45) is 15.1. The molecule has 2 aliphatic heterocycles. The Morgan fingerprint density at radius 3 is 1.80 bits per heavy atom. The van der Waals surface area contributed by atoms with Crippen molar-refractivity contribution < 1.29 is 0 Å². The van der Waals surface area contributed by atoms with Crippen molar-refractivity contribution in [2.24, 2.45) is 17.9 Å². The minimum absolute atomic E-state index is 0.0151. The molecule has 5 heteroatoms. The molecule has 5 nitrogen and oxygen atoms in total. The lowest BCUT2D eigenvalue weighted by Gasteiger charge is -2.65. The first-order valence-electron chi connectivity index (χ1n) is 7.06. The van der Waals surface area contributed by atoms with E-state index in [0.29, 0.717) is 0 Å². The first kappa shape index (κ1) is 10.7. The summed E-state index contributed by atoms with van der Waals surface area (Å²) >= 11 is 0. The van der Waals surface area contributed by atoms with Gasteiger partial charge in [0.25, 0.3) is 0 Å². The molecule has 1 aromatic rings. The maximum atomic E-state index is 12.4. The molecule has 4 atom stereocenters. The van der Waals surface area contributed by atoms with Crippen molar-refractivity contribution in [1.82, 2.24) is 13.9 Å². The van der Waals surface area contributed by atoms with E-state index in [4.69, 9.17) is 0 Å². The molecular weight excluding hydrogens is 254 g/mol. The van der Waals surface area contributed by atoms with Crippen LogP contribution in [0.4, 0.5) is 0 Å².